The molecule has 10 heteroatoms. The third-order valence-corrected chi connectivity index (χ3v) is 7.72. The average Bonchev–Trinajstić information content (AvgIpc) is 3.15. The van der Waals surface area contributed by atoms with Crippen LogP contribution in [0.4, 0.5) is 10.8 Å². The Labute approximate surface area is 177 Å². The SMILES string of the molecule is COc1ccc2nc(NC(=O)c3ccc(N4C(=O)C(C)(C)CS4(=O)=O)cc3)sc2c1. The number of ether oxygens (including phenoxy) is 1. The van der Waals surface area contributed by atoms with E-state index >= 15 is 0 Å². The average molecular weight is 446 g/mol. The van der Waals surface area contributed by atoms with Crippen LogP contribution in [0.25, 0.3) is 10.2 Å². The summed E-state index contributed by atoms with van der Waals surface area (Å²) in [7, 11) is -2.15. The van der Waals surface area contributed by atoms with Gasteiger partial charge in [0.05, 0.1) is 34.2 Å². The smallest absolute Gasteiger partial charge is 0.257 e. The minimum atomic E-state index is -3.73. The molecule has 1 fully saturated rings. The second kappa shape index (κ2) is 7.06. The van der Waals surface area contributed by atoms with Crippen LogP contribution in [0.5, 0.6) is 5.75 Å². The van der Waals surface area contributed by atoms with E-state index in [0.717, 1.165) is 14.5 Å². The first-order valence-electron chi connectivity index (χ1n) is 9.04. The third-order valence-electron chi connectivity index (χ3n) is 4.76. The van der Waals surface area contributed by atoms with Crippen molar-refractivity contribution in [1.29, 1.82) is 0 Å². The van der Waals surface area contributed by atoms with Gasteiger partial charge in [-0.1, -0.05) is 11.3 Å². The summed E-state index contributed by atoms with van der Waals surface area (Å²) < 4.78 is 31.7. The van der Waals surface area contributed by atoms with Crippen LogP contribution >= 0.6 is 11.3 Å². The van der Waals surface area contributed by atoms with Crippen LogP contribution in [0.2, 0.25) is 0 Å². The highest BCUT2D eigenvalue weighted by molar-refractivity contribution is 7.94. The van der Waals surface area contributed by atoms with Gasteiger partial charge in [-0.15, -0.1) is 0 Å². The van der Waals surface area contributed by atoms with Gasteiger partial charge in [0.1, 0.15) is 5.75 Å². The van der Waals surface area contributed by atoms with Crippen LogP contribution in [0, 0.1) is 5.41 Å². The monoisotopic (exact) mass is 445 g/mol. The summed E-state index contributed by atoms with van der Waals surface area (Å²) in [5.74, 6) is -0.411. The second-order valence-electron chi connectivity index (χ2n) is 7.56. The molecule has 2 heterocycles. The number of hydrogen-bond acceptors (Lipinski definition) is 7. The maximum absolute atomic E-state index is 12.6. The molecule has 3 aromatic rings. The molecule has 1 N–H and O–H groups in total. The number of thiazole rings is 1. The lowest BCUT2D eigenvalue weighted by molar-refractivity contribution is -0.123. The molecule has 1 saturated heterocycles. The number of sulfonamides is 1. The van der Waals surface area contributed by atoms with E-state index in [1.165, 1.54) is 35.6 Å². The minimum absolute atomic E-state index is 0.217. The maximum atomic E-state index is 12.6. The Morgan fingerprint density at radius 2 is 1.90 bits per heavy atom. The fourth-order valence-electron chi connectivity index (χ4n) is 3.26. The molecule has 0 radical (unpaired) electrons. The Kier molecular flexibility index (Phi) is 4.78. The minimum Gasteiger partial charge on any atom is -0.497 e. The molecule has 1 aromatic heterocycles. The third kappa shape index (κ3) is 3.52. The Morgan fingerprint density at radius 3 is 2.50 bits per heavy atom. The summed E-state index contributed by atoms with van der Waals surface area (Å²) in [5.41, 5.74) is 0.296. The van der Waals surface area contributed by atoms with Gasteiger partial charge in [0.25, 0.3) is 5.91 Å². The van der Waals surface area contributed by atoms with E-state index in [-0.39, 0.29) is 17.3 Å². The van der Waals surface area contributed by atoms with E-state index in [1.807, 2.05) is 12.1 Å². The van der Waals surface area contributed by atoms with E-state index in [1.54, 1.807) is 27.0 Å². The van der Waals surface area contributed by atoms with Crippen molar-refractivity contribution in [3.63, 3.8) is 0 Å². The number of aromatic nitrogens is 1. The van der Waals surface area contributed by atoms with E-state index in [0.29, 0.717) is 16.4 Å². The predicted molar refractivity (Wildman–Crippen MR) is 116 cm³/mol. The van der Waals surface area contributed by atoms with Crippen LogP contribution in [0.15, 0.2) is 42.5 Å². The number of fused-ring (bicyclic) bond motifs is 1. The van der Waals surface area contributed by atoms with Crippen molar-refractivity contribution in [3.8, 4) is 5.75 Å². The number of amides is 2. The Bertz CT molecular complexity index is 1260. The number of benzene rings is 2. The summed E-state index contributed by atoms with van der Waals surface area (Å²) in [5, 5.41) is 3.18. The summed E-state index contributed by atoms with van der Waals surface area (Å²) in [6.45, 7) is 3.20. The molecular weight excluding hydrogens is 426 g/mol. The van der Waals surface area contributed by atoms with Crippen molar-refractivity contribution >= 4 is 54.2 Å². The molecule has 2 amide bonds. The molecule has 2 aromatic carbocycles. The largest absolute Gasteiger partial charge is 0.497 e. The Hall–Kier alpha value is -2.98. The summed E-state index contributed by atoms with van der Waals surface area (Å²) in [6, 6.07) is 11.3. The molecule has 0 bridgehead atoms. The second-order valence-corrected chi connectivity index (χ2v) is 10.4. The molecule has 156 valence electrons. The lowest BCUT2D eigenvalue weighted by atomic mass is 9.95. The quantitative estimate of drug-likeness (QED) is 0.661. The van der Waals surface area contributed by atoms with E-state index in [4.69, 9.17) is 4.74 Å². The predicted octanol–water partition coefficient (Wildman–Crippen LogP) is 3.26. The number of anilines is 2. The first kappa shape index (κ1) is 20.3. The summed E-state index contributed by atoms with van der Waals surface area (Å²) >= 11 is 1.32. The highest BCUT2D eigenvalue weighted by atomic mass is 32.2. The molecular formula is C20H19N3O5S2. The standard InChI is InChI=1S/C20H19N3O5S2/c1-20(2)11-30(26,27)23(18(20)25)13-6-4-12(5-7-13)17(24)22-19-21-15-9-8-14(28-3)10-16(15)29-19/h4-10H,11H2,1-3H3,(H,21,22,24). The number of rotatable bonds is 4. The van der Waals surface area contributed by atoms with Crippen molar-refractivity contribution in [1.82, 2.24) is 4.98 Å². The summed E-state index contributed by atoms with van der Waals surface area (Å²) in [6.07, 6.45) is 0. The van der Waals surface area contributed by atoms with E-state index in [2.05, 4.69) is 10.3 Å². The molecule has 0 aliphatic carbocycles. The van der Waals surface area contributed by atoms with Gasteiger partial charge in [0.2, 0.25) is 15.9 Å². The van der Waals surface area contributed by atoms with Crippen LogP contribution in [-0.4, -0.2) is 38.1 Å². The van der Waals surface area contributed by atoms with Gasteiger partial charge in [-0.05, 0) is 56.3 Å². The lowest BCUT2D eigenvalue weighted by Crippen LogP contribution is -2.32. The zero-order valence-corrected chi connectivity index (χ0v) is 18.1. The number of methoxy groups -OCH3 is 1. The normalized spacial score (nSPS) is 17.3. The van der Waals surface area contributed by atoms with Crippen molar-refractivity contribution in [2.45, 2.75) is 13.8 Å². The molecule has 0 atom stereocenters. The van der Waals surface area contributed by atoms with Gasteiger partial charge in [-0.3, -0.25) is 14.9 Å². The van der Waals surface area contributed by atoms with Crippen molar-refractivity contribution < 1.29 is 22.7 Å². The first-order valence-corrected chi connectivity index (χ1v) is 11.5. The van der Waals surface area contributed by atoms with Gasteiger partial charge in [0.15, 0.2) is 5.13 Å². The molecule has 8 nitrogen and oxygen atoms in total. The molecule has 1 aliphatic rings. The number of nitrogens with zero attached hydrogens (tertiary/aromatic N) is 2. The molecule has 0 unspecified atom stereocenters. The highest BCUT2D eigenvalue weighted by Gasteiger charge is 2.49. The number of carbonyl (C=O) groups is 2. The number of hydrogen-bond donors (Lipinski definition) is 1. The number of carbonyl (C=O) groups excluding carboxylic acids is 2. The fourth-order valence-corrected chi connectivity index (χ4v) is 6.26. The van der Waals surface area contributed by atoms with Gasteiger partial charge < -0.3 is 4.74 Å². The first-order chi connectivity index (χ1) is 14.1. The topological polar surface area (TPSA) is 106 Å². The zero-order valence-electron chi connectivity index (χ0n) is 16.5. The van der Waals surface area contributed by atoms with Crippen molar-refractivity contribution in [3.05, 3.63) is 48.0 Å². The van der Waals surface area contributed by atoms with Gasteiger partial charge >= 0.3 is 0 Å². The molecule has 0 spiro atoms. The lowest BCUT2D eigenvalue weighted by Gasteiger charge is -2.17. The molecule has 1 aliphatic heterocycles. The number of nitrogens with one attached hydrogen (secondary N) is 1. The Morgan fingerprint density at radius 1 is 1.20 bits per heavy atom. The van der Waals surface area contributed by atoms with Gasteiger partial charge in [-0.25, -0.2) is 17.7 Å². The summed E-state index contributed by atoms with van der Waals surface area (Å²) in [4.78, 5) is 29.4. The van der Waals surface area contributed by atoms with E-state index in [9.17, 15) is 18.0 Å². The molecule has 30 heavy (non-hydrogen) atoms. The van der Waals surface area contributed by atoms with Gasteiger partial charge in [0, 0.05) is 5.56 Å². The van der Waals surface area contributed by atoms with Gasteiger partial charge in [-0.2, -0.15) is 0 Å². The Balaban J connectivity index is 1.54. The van der Waals surface area contributed by atoms with Crippen molar-refractivity contribution in [2.75, 3.05) is 22.5 Å². The van der Waals surface area contributed by atoms with Crippen LogP contribution in [-0.2, 0) is 14.8 Å². The molecule has 4 rings (SSSR count). The van der Waals surface area contributed by atoms with Crippen molar-refractivity contribution in [2.24, 2.45) is 5.41 Å². The fraction of sp³-hybridized carbons (Fsp3) is 0.250. The van der Waals surface area contributed by atoms with Crippen LogP contribution < -0.4 is 14.4 Å². The van der Waals surface area contributed by atoms with Crippen LogP contribution in [0.3, 0.4) is 0 Å². The van der Waals surface area contributed by atoms with Crippen LogP contribution in [0.1, 0.15) is 24.2 Å². The molecule has 0 saturated carbocycles. The van der Waals surface area contributed by atoms with E-state index < -0.39 is 21.3 Å². The highest BCUT2D eigenvalue weighted by Crippen LogP contribution is 2.36. The zero-order chi connectivity index (χ0) is 21.7. The maximum Gasteiger partial charge on any atom is 0.257 e.